The lowest BCUT2D eigenvalue weighted by Crippen LogP contribution is -3.16. The van der Waals surface area contributed by atoms with E-state index in [0.29, 0.717) is 25.4 Å². The fourth-order valence-electron chi connectivity index (χ4n) is 4.26. The van der Waals surface area contributed by atoms with Crippen molar-refractivity contribution in [2.75, 3.05) is 52.3 Å². The molecule has 3 rings (SSSR count). The molecule has 0 unspecified atom stereocenters. The van der Waals surface area contributed by atoms with Gasteiger partial charge in [-0.1, -0.05) is 6.42 Å². The lowest BCUT2D eigenvalue weighted by molar-refractivity contribution is -0.915. The predicted molar refractivity (Wildman–Crippen MR) is 110 cm³/mol. The molecule has 2 N–H and O–H groups in total. The lowest BCUT2D eigenvalue weighted by Gasteiger charge is -2.40. The molecular weight excluding hydrogens is 396 g/mol. The van der Waals surface area contributed by atoms with Gasteiger partial charge in [0.05, 0.1) is 43.7 Å². The van der Waals surface area contributed by atoms with E-state index in [4.69, 9.17) is 4.74 Å². The summed E-state index contributed by atoms with van der Waals surface area (Å²) in [5.41, 5.74) is 0.186. The van der Waals surface area contributed by atoms with Crippen LogP contribution in [0.1, 0.15) is 32.1 Å². The molecule has 1 heterocycles. The lowest BCUT2D eigenvalue weighted by atomic mass is 9.80. The number of morpholine rings is 1. The number of nitrogens with one attached hydrogen (secondary N) is 2. The summed E-state index contributed by atoms with van der Waals surface area (Å²) in [6, 6.07) is 4.15. The normalized spacial score (nSPS) is 20.5. The van der Waals surface area contributed by atoms with Crippen molar-refractivity contribution < 1.29 is 23.0 Å². The monoisotopic (exact) mass is 427 g/mol. The van der Waals surface area contributed by atoms with Crippen molar-refractivity contribution in [1.29, 1.82) is 0 Å². The highest BCUT2D eigenvalue weighted by molar-refractivity contribution is 7.89. The summed E-state index contributed by atoms with van der Waals surface area (Å²) in [6.45, 7) is 1.78. The number of sulfonamides is 1. The van der Waals surface area contributed by atoms with Crippen LogP contribution >= 0.6 is 0 Å². The molecule has 2 aliphatic rings. The third kappa shape index (κ3) is 4.71. The van der Waals surface area contributed by atoms with E-state index in [0.717, 1.165) is 25.7 Å². The minimum Gasteiger partial charge on any atom is -0.379 e. The molecule has 0 bridgehead atoms. The van der Waals surface area contributed by atoms with E-state index in [9.17, 15) is 18.5 Å². The number of quaternary nitrogens is 1. The summed E-state index contributed by atoms with van der Waals surface area (Å²) in [7, 11) is 0.470. The smallest absolute Gasteiger partial charge is 0.293 e. The largest absolute Gasteiger partial charge is 0.379 e. The zero-order valence-corrected chi connectivity index (χ0v) is 18.0. The molecule has 0 amide bonds. The molecule has 162 valence electrons. The molecule has 1 saturated heterocycles. The second-order valence-corrected chi connectivity index (χ2v) is 10.1. The second-order valence-electron chi connectivity index (χ2n) is 8.15. The Morgan fingerprint density at radius 2 is 1.86 bits per heavy atom. The molecule has 29 heavy (non-hydrogen) atoms. The number of benzene rings is 1. The highest BCUT2D eigenvalue weighted by Gasteiger charge is 2.38. The SMILES string of the molecule is C[NH+](C)C1(CNc2ccc(S(=O)(=O)N3CCOCC3)cc2[N+](=O)[O-])CCCCC1. The Labute approximate surface area is 172 Å². The Hall–Kier alpha value is -1.75. The van der Waals surface area contributed by atoms with Crippen molar-refractivity contribution in [3.05, 3.63) is 28.3 Å². The summed E-state index contributed by atoms with van der Waals surface area (Å²) < 4.78 is 32.2. The average Bonchev–Trinajstić information content (AvgIpc) is 2.73. The first-order chi connectivity index (χ1) is 13.8. The number of anilines is 1. The number of hydrogen-bond acceptors (Lipinski definition) is 6. The number of nitro benzene ring substituents is 1. The van der Waals surface area contributed by atoms with Gasteiger partial charge in [-0.25, -0.2) is 8.42 Å². The summed E-state index contributed by atoms with van der Waals surface area (Å²) in [4.78, 5) is 12.4. The van der Waals surface area contributed by atoms with E-state index in [-0.39, 0.29) is 29.2 Å². The number of nitrogens with zero attached hydrogens (tertiary/aromatic N) is 2. The molecule has 1 saturated carbocycles. The van der Waals surface area contributed by atoms with Gasteiger partial charge in [0.2, 0.25) is 10.0 Å². The first-order valence-electron chi connectivity index (χ1n) is 10.2. The van der Waals surface area contributed by atoms with Gasteiger partial charge in [0.25, 0.3) is 5.69 Å². The Kier molecular flexibility index (Phi) is 6.77. The minimum atomic E-state index is -3.78. The highest BCUT2D eigenvalue weighted by atomic mass is 32.2. The number of rotatable bonds is 7. The standard InChI is InChI=1S/C19H30N4O5S/c1-21(2)19(8-4-3-5-9-19)15-20-17-7-6-16(14-18(17)23(24)25)29(26,27)22-10-12-28-13-11-22/h6-7,14,20H,3-5,8-13,15H2,1-2H3/p+1. The third-order valence-corrected chi connectivity index (χ3v) is 8.16. The van der Waals surface area contributed by atoms with Crippen LogP contribution in [0.25, 0.3) is 0 Å². The van der Waals surface area contributed by atoms with Crippen molar-refractivity contribution in [2.24, 2.45) is 0 Å². The fraction of sp³-hybridized carbons (Fsp3) is 0.684. The minimum absolute atomic E-state index is 0.0324. The van der Waals surface area contributed by atoms with E-state index in [1.165, 1.54) is 33.8 Å². The van der Waals surface area contributed by atoms with Crippen molar-refractivity contribution in [2.45, 2.75) is 42.5 Å². The van der Waals surface area contributed by atoms with Crippen LogP contribution in [0.3, 0.4) is 0 Å². The van der Waals surface area contributed by atoms with E-state index in [2.05, 4.69) is 19.4 Å². The maximum atomic E-state index is 12.8. The van der Waals surface area contributed by atoms with Crippen LogP contribution in [0.5, 0.6) is 0 Å². The number of likely N-dealkylation sites (N-methyl/N-ethyl adjacent to an activating group) is 1. The topological polar surface area (TPSA) is 106 Å². The van der Waals surface area contributed by atoms with Gasteiger partial charge in [0, 0.05) is 32.0 Å². The number of hydrogen-bond donors (Lipinski definition) is 2. The van der Waals surface area contributed by atoms with Crippen LogP contribution in [0.15, 0.2) is 23.1 Å². The maximum Gasteiger partial charge on any atom is 0.293 e. The van der Waals surface area contributed by atoms with Gasteiger partial charge < -0.3 is 15.0 Å². The fourth-order valence-corrected chi connectivity index (χ4v) is 5.68. The van der Waals surface area contributed by atoms with Crippen molar-refractivity contribution >= 4 is 21.4 Å². The van der Waals surface area contributed by atoms with Crippen molar-refractivity contribution in [1.82, 2.24) is 4.31 Å². The molecule has 1 aromatic rings. The first kappa shape index (κ1) is 21.9. The van der Waals surface area contributed by atoms with Gasteiger partial charge in [0.15, 0.2) is 0 Å². The molecular formula is C19H31N4O5S+. The van der Waals surface area contributed by atoms with Crippen LogP contribution in [-0.4, -0.2) is 70.1 Å². The van der Waals surface area contributed by atoms with E-state index < -0.39 is 14.9 Å². The molecule has 2 fully saturated rings. The van der Waals surface area contributed by atoms with Crippen LogP contribution < -0.4 is 10.2 Å². The van der Waals surface area contributed by atoms with Crippen molar-refractivity contribution in [3.63, 3.8) is 0 Å². The zero-order valence-electron chi connectivity index (χ0n) is 17.1. The van der Waals surface area contributed by atoms with Gasteiger partial charge in [-0.3, -0.25) is 10.1 Å². The van der Waals surface area contributed by atoms with Gasteiger partial charge in [0.1, 0.15) is 11.2 Å². The average molecular weight is 428 g/mol. The Bertz CT molecular complexity index is 831. The predicted octanol–water partition coefficient (Wildman–Crippen LogP) is 0.875. The molecule has 10 heteroatoms. The Balaban J connectivity index is 1.84. The molecule has 1 aromatic carbocycles. The summed E-state index contributed by atoms with van der Waals surface area (Å²) in [5, 5.41) is 14.9. The molecule has 1 aliphatic carbocycles. The summed E-state index contributed by atoms with van der Waals surface area (Å²) >= 11 is 0. The molecule has 0 aromatic heterocycles. The highest BCUT2D eigenvalue weighted by Crippen LogP contribution is 2.31. The van der Waals surface area contributed by atoms with Crippen molar-refractivity contribution in [3.8, 4) is 0 Å². The van der Waals surface area contributed by atoms with Gasteiger partial charge >= 0.3 is 0 Å². The molecule has 1 aliphatic heterocycles. The van der Waals surface area contributed by atoms with Crippen LogP contribution in [0.4, 0.5) is 11.4 Å². The van der Waals surface area contributed by atoms with Crippen LogP contribution in [-0.2, 0) is 14.8 Å². The molecule has 9 nitrogen and oxygen atoms in total. The molecule has 0 atom stereocenters. The summed E-state index contributed by atoms with van der Waals surface area (Å²) in [5.74, 6) is 0. The van der Waals surface area contributed by atoms with Gasteiger partial charge in [-0.2, -0.15) is 4.31 Å². The zero-order chi connectivity index (χ0) is 21.1. The van der Waals surface area contributed by atoms with E-state index >= 15 is 0 Å². The molecule has 0 spiro atoms. The van der Waals surface area contributed by atoms with E-state index in [1.807, 2.05) is 0 Å². The third-order valence-electron chi connectivity index (χ3n) is 6.26. The Morgan fingerprint density at radius 3 is 2.45 bits per heavy atom. The van der Waals surface area contributed by atoms with Crippen LogP contribution in [0, 0.1) is 10.1 Å². The summed E-state index contributed by atoms with van der Waals surface area (Å²) in [6.07, 6.45) is 5.68. The Morgan fingerprint density at radius 1 is 1.21 bits per heavy atom. The molecule has 0 radical (unpaired) electrons. The maximum absolute atomic E-state index is 12.8. The number of ether oxygens (including phenoxy) is 1. The van der Waals surface area contributed by atoms with Gasteiger partial charge in [-0.05, 0) is 25.0 Å². The quantitative estimate of drug-likeness (QED) is 0.494. The van der Waals surface area contributed by atoms with E-state index in [1.54, 1.807) is 0 Å². The van der Waals surface area contributed by atoms with Gasteiger partial charge in [-0.15, -0.1) is 0 Å². The van der Waals surface area contributed by atoms with Crippen LogP contribution in [0.2, 0.25) is 0 Å². The first-order valence-corrected chi connectivity index (χ1v) is 11.6. The second kappa shape index (κ2) is 8.95. The number of nitro groups is 1.